The summed E-state index contributed by atoms with van der Waals surface area (Å²) in [5.74, 6) is -5.65. The van der Waals surface area contributed by atoms with Crippen LogP contribution in [-0.4, -0.2) is 302 Å². The fourth-order valence-electron chi connectivity index (χ4n) is 8.46. The number of urea groups is 1. The van der Waals surface area contributed by atoms with Crippen LogP contribution in [0.1, 0.15) is 147 Å². The van der Waals surface area contributed by atoms with E-state index in [9.17, 15) is 52.7 Å². The molecule has 5 atom stereocenters. The minimum atomic E-state index is -1.26. The maximum absolute atomic E-state index is 13.2. The second-order valence-electron chi connectivity index (χ2n) is 27.4. The smallest absolute Gasteiger partial charge is 0.329 e. The van der Waals surface area contributed by atoms with Crippen LogP contribution in [0.25, 0.3) is 0 Å². The summed E-state index contributed by atoms with van der Waals surface area (Å²) in [4.78, 5) is 137. The summed E-state index contributed by atoms with van der Waals surface area (Å²) in [6.07, 6.45) is 1.43. The third-order valence-electron chi connectivity index (χ3n) is 13.8. The first kappa shape index (κ1) is 99.5. The highest BCUT2D eigenvalue weighted by Gasteiger charge is 2.33. The second kappa shape index (κ2) is 61.3. The molecule has 0 aromatic carbocycles. The van der Waals surface area contributed by atoms with Crippen molar-refractivity contribution < 1.29 is 129 Å². The summed E-state index contributed by atoms with van der Waals surface area (Å²) in [6.45, 7) is 28.6. The number of esters is 3. The molecule has 0 spiro atoms. The van der Waals surface area contributed by atoms with Gasteiger partial charge in [-0.15, -0.1) is 0 Å². The predicted molar refractivity (Wildman–Crippen MR) is 385 cm³/mol. The average Bonchev–Trinajstić information content (AvgIpc) is 0.882. The van der Waals surface area contributed by atoms with E-state index in [2.05, 4.69) is 42.5 Å². The third kappa shape index (κ3) is 62.5. The molecule has 106 heavy (non-hydrogen) atoms. The highest BCUT2D eigenvalue weighted by molar-refractivity contribution is 5.92. The third-order valence-corrected chi connectivity index (χ3v) is 13.8. The molecule has 0 aromatic heterocycles. The minimum absolute atomic E-state index is 0.124. The summed E-state index contributed by atoms with van der Waals surface area (Å²) in [6, 6.07) is -6.33. The number of hydrogen-bond acceptors (Lipinski definition) is 27. The average molecular weight is 1530 g/mol. The summed E-state index contributed by atoms with van der Waals surface area (Å²) in [7, 11) is 0. The molecule has 0 aromatic rings. The highest BCUT2D eigenvalue weighted by Crippen LogP contribution is 2.16. The molecule has 0 radical (unpaired) electrons. The van der Waals surface area contributed by atoms with E-state index in [1.807, 2.05) is 0 Å². The summed E-state index contributed by atoms with van der Waals surface area (Å²) in [5, 5.41) is 30.0. The van der Waals surface area contributed by atoms with E-state index < -0.39 is 94.6 Å². The van der Waals surface area contributed by atoms with E-state index in [1.165, 1.54) is 6.92 Å². The van der Waals surface area contributed by atoms with E-state index in [4.69, 9.17) is 81.9 Å². The lowest BCUT2D eigenvalue weighted by Gasteiger charge is -2.27. The van der Waals surface area contributed by atoms with Crippen molar-refractivity contribution in [1.82, 2.24) is 42.5 Å². The van der Waals surface area contributed by atoms with Crippen molar-refractivity contribution in [3.63, 3.8) is 0 Å². The molecule has 0 bridgehead atoms. The molecular formula is C70H129N9O27. The number of carbonyl (C=O) groups is 11. The Hall–Kier alpha value is -6.55. The molecule has 0 aliphatic rings. The number of hydrogen-bond donors (Lipinski definition) is 10. The van der Waals surface area contributed by atoms with Gasteiger partial charge in [-0.2, -0.15) is 0 Å². The summed E-state index contributed by atoms with van der Waals surface area (Å²) >= 11 is 0. The lowest BCUT2D eigenvalue weighted by molar-refractivity contribution is -0.159. The van der Waals surface area contributed by atoms with Gasteiger partial charge in [-0.3, -0.25) is 38.4 Å². The molecule has 8 amide bonds. The molecule has 0 heterocycles. The van der Waals surface area contributed by atoms with E-state index in [1.54, 1.807) is 76.2 Å². The molecule has 0 aliphatic carbocycles. The largest absolute Gasteiger partial charge is 0.480 e. The van der Waals surface area contributed by atoms with E-state index in [-0.39, 0.29) is 115 Å². The van der Waals surface area contributed by atoms with Crippen molar-refractivity contribution in [3.8, 4) is 0 Å². The first-order chi connectivity index (χ1) is 50.2. The van der Waals surface area contributed by atoms with Gasteiger partial charge in [0, 0.05) is 58.3 Å². The maximum Gasteiger partial charge on any atom is 0.329 e. The van der Waals surface area contributed by atoms with Gasteiger partial charge in [0.05, 0.1) is 165 Å². The number of nitrogens with two attached hydrogens (primary N) is 1. The Labute approximate surface area is 625 Å². The Bertz CT molecular complexity index is 2450. The maximum atomic E-state index is 13.2. The van der Waals surface area contributed by atoms with Gasteiger partial charge in [-0.1, -0.05) is 13.8 Å². The van der Waals surface area contributed by atoms with Crippen LogP contribution in [0.5, 0.6) is 0 Å². The molecular weight excluding hydrogens is 1400 g/mol. The fraction of sp³-hybridized carbons (Fsp3) is 0.843. The second-order valence-corrected chi connectivity index (χ2v) is 27.4. The van der Waals surface area contributed by atoms with Crippen LogP contribution in [0.4, 0.5) is 4.79 Å². The van der Waals surface area contributed by atoms with Crippen LogP contribution in [0.2, 0.25) is 0 Å². The lowest BCUT2D eigenvalue weighted by Crippen LogP contribution is -2.55. The normalized spacial score (nSPS) is 13.1. The number of rotatable bonds is 66. The zero-order chi connectivity index (χ0) is 79.4. The van der Waals surface area contributed by atoms with Crippen molar-refractivity contribution in [2.75, 3.05) is 185 Å². The number of nitrogens with one attached hydrogen (secondary N) is 8. The number of aliphatic carboxylic acids is 1. The van der Waals surface area contributed by atoms with Gasteiger partial charge < -0.3 is 124 Å². The van der Waals surface area contributed by atoms with Crippen molar-refractivity contribution in [2.45, 2.75) is 194 Å². The number of carbonyl (C=O) groups excluding carboxylic acids is 10. The Morgan fingerprint density at radius 1 is 0.340 bits per heavy atom. The standard InChI is InChI=1S/C70H129N9O27/c1-51(2)61(63(86)76-52(3)64(87)88)79-62(85)53(71)15-13-14-23-72-57(81)20-27-92-33-39-98-45-49-102-43-37-96-31-25-74-59(83)22-29-94-35-41-100-47-50-103-44-38-97-32-26-75-58(82)21-28-93-34-40-99-46-48-101-42-36-95-30-24-73-56(80)18-16-54(65(89)105-69(7,8)9)77-67(91)78-55(66(90)106-70(10,11)12)17-19-60(84)104-68(4,5)6/h51-55,61H,13-50,71H2,1-12H3,(H,72,81)(H,73,80)(H,74,83)(H,75,82)(H,76,86)(H,79,85)(H,87,88)(H2,77,78,91)/t52-,53-,54-,55-,61-/m0/s1. The van der Waals surface area contributed by atoms with E-state index in [0.717, 1.165) is 0 Å². The quantitative estimate of drug-likeness (QED) is 0.0227. The summed E-state index contributed by atoms with van der Waals surface area (Å²) in [5.41, 5.74) is 3.45. The Balaban J connectivity index is 3.75. The molecule has 0 rings (SSSR count). The van der Waals surface area contributed by atoms with Crippen molar-refractivity contribution in [2.24, 2.45) is 11.7 Å². The molecule has 0 fully saturated rings. The van der Waals surface area contributed by atoms with Crippen LogP contribution >= 0.6 is 0 Å². The van der Waals surface area contributed by atoms with Crippen molar-refractivity contribution in [1.29, 1.82) is 0 Å². The molecule has 0 saturated carbocycles. The number of unbranched alkanes of at least 4 members (excludes halogenated alkanes) is 1. The zero-order valence-corrected chi connectivity index (χ0v) is 65.0. The number of ether oxygens (including phenoxy) is 15. The first-order valence-corrected chi connectivity index (χ1v) is 36.5. The topological polar surface area (TPSA) is 469 Å². The van der Waals surface area contributed by atoms with Gasteiger partial charge in [0.2, 0.25) is 35.4 Å². The fourth-order valence-corrected chi connectivity index (χ4v) is 8.46. The molecule has 11 N–H and O–H groups in total. The van der Waals surface area contributed by atoms with Crippen LogP contribution in [-0.2, 0) is 119 Å². The van der Waals surface area contributed by atoms with Crippen LogP contribution < -0.4 is 48.3 Å². The predicted octanol–water partition coefficient (Wildman–Crippen LogP) is 0.670. The molecule has 0 saturated heterocycles. The molecule has 0 unspecified atom stereocenters. The number of amides is 8. The number of carboxylic acid groups (broad SMARTS) is 1. The van der Waals surface area contributed by atoms with Crippen LogP contribution in [0.3, 0.4) is 0 Å². The first-order valence-electron chi connectivity index (χ1n) is 36.5. The Morgan fingerprint density at radius 3 is 0.962 bits per heavy atom. The summed E-state index contributed by atoms with van der Waals surface area (Å²) < 4.78 is 82.1. The SMILES string of the molecule is CC(C)[C@H](NC(=O)[C@@H](N)CCCCNC(=O)CCOCCOCCOCCOCCNC(=O)CCOCCOCCOCCOCCNC(=O)CCOCCOCCOCCOCCNC(=O)CC[C@H](NC(=O)N[C@@H](CCC(=O)OC(C)(C)C)C(=O)OC(C)(C)C)C(=O)OC(C)(C)C)C(=O)N[C@@H](C)C(=O)O. The van der Waals surface area contributed by atoms with Gasteiger partial charge in [0.15, 0.2) is 0 Å². The Kier molecular flexibility index (Phi) is 57.6. The van der Waals surface area contributed by atoms with Gasteiger partial charge in [-0.05, 0) is 107 Å². The van der Waals surface area contributed by atoms with E-state index in [0.29, 0.717) is 158 Å². The lowest BCUT2D eigenvalue weighted by atomic mass is 10.0. The molecule has 0 aliphatic heterocycles. The number of carboxylic acids is 1. The van der Waals surface area contributed by atoms with Gasteiger partial charge in [-0.25, -0.2) is 14.4 Å². The van der Waals surface area contributed by atoms with E-state index >= 15 is 0 Å². The Morgan fingerprint density at radius 2 is 0.642 bits per heavy atom. The zero-order valence-electron chi connectivity index (χ0n) is 65.0. The van der Waals surface area contributed by atoms with Crippen LogP contribution in [0, 0.1) is 5.92 Å². The molecule has 36 heteroatoms. The van der Waals surface area contributed by atoms with Crippen molar-refractivity contribution >= 4 is 65.4 Å². The van der Waals surface area contributed by atoms with Gasteiger partial charge in [0.25, 0.3) is 0 Å². The van der Waals surface area contributed by atoms with Crippen molar-refractivity contribution in [3.05, 3.63) is 0 Å². The highest BCUT2D eigenvalue weighted by atomic mass is 16.6. The van der Waals surface area contributed by atoms with Gasteiger partial charge >= 0.3 is 29.9 Å². The monoisotopic (exact) mass is 1530 g/mol. The van der Waals surface area contributed by atoms with Gasteiger partial charge in [0.1, 0.15) is 41.0 Å². The van der Waals surface area contributed by atoms with Crippen LogP contribution in [0.15, 0.2) is 0 Å². The molecule has 616 valence electrons. The minimum Gasteiger partial charge on any atom is -0.480 e. The molecule has 36 nitrogen and oxygen atoms in total.